The van der Waals surface area contributed by atoms with E-state index < -0.39 is 0 Å². The Morgan fingerprint density at radius 2 is 1.96 bits per heavy atom. The monoisotopic (exact) mass is 384 g/mol. The number of benzene rings is 1. The van der Waals surface area contributed by atoms with E-state index in [4.69, 9.17) is 9.47 Å². The molecule has 0 spiro atoms. The summed E-state index contributed by atoms with van der Waals surface area (Å²) < 4.78 is 10.5. The van der Waals surface area contributed by atoms with Gasteiger partial charge in [0.05, 0.1) is 31.6 Å². The zero-order valence-electron chi connectivity index (χ0n) is 16.3. The molecule has 1 saturated heterocycles. The highest BCUT2D eigenvalue weighted by atomic mass is 16.5. The molecule has 28 heavy (non-hydrogen) atoms. The van der Waals surface area contributed by atoms with Gasteiger partial charge in [0.1, 0.15) is 5.75 Å². The lowest BCUT2D eigenvalue weighted by atomic mass is 10.1. The third-order valence-corrected chi connectivity index (χ3v) is 4.72. The van der Waals surface area contributed by atoms with E-state index in [9.17, 15) is 4.79 Å². The molecule has 0 radical (unpaired) electrons. The highest BCUT2D eigenvalue weighted by Crippen LogP contribution is 2.13. The molecule has 1 aromatic carbocycles. The van der Waals surface area contributed by atoms with Gasteiger partial charge >= 0.3 is 0 Å². The van der Waals surface area contributed by atoms with Crippen molar-refractivity contribution in [2.75, 3.05) is 58.4 Å². The fourth-order valence-electron chi connectivity index (χ4n) is 3.06. The number of anilines is 1. The molecular weight excluding hydrogens is 356 g/mol. The number of ether oxygens (including phenoxy) is 2. The number of aromatic nitrogens is 1. The average molecular weight is 384 g/mol. The van der Waals surface area contributed by atoms with E-state index in [2.05, 4.69) is 32.7 Å². The Balaban J connectivity index is 1.42. The normalized spacial score (nSPS) is 14.5. The number of methoxy groups -OCH3 is 1. The van der Waals surface area contributed by atoms with Gasteiger partial charge in [-0.3, -0.25) is 14.7 Å². The van der Waals surface area contributed by atoms with E-state index in [1.54, 1.807) is 19.5 Å². The van der Waals surface area contributed by atoms with Gasteiger partial charge in [-0.05, 0) is 30.2 Å². The number of carbonyl (C=O) groups is 1. The Morgan fingerprint density at radius 3 is 2.71 bits per heavy atom. The number of hydrogen-bond acceptors (Lipinski definition) is 6. The summed E-state index contributed by atoms with van der Waals surface area (Å²) in [5.41, 5.74) is 2.63. The van der Waals surface area contributed by atoms with E-state index in [0.717, 1.165) is 57.3 Å². The summed E-state index contributed by atoms with van der Waals surface area (Å²) in [5, 5.41) is 6.29. The third kappa shape index (κ3) is 6.21. The lowest BCUT2D eigenvalue weighted by Crippen LogP contribution is -2.41. The summed E-state index contributed by atoms with van der Waals surface area (Å²) in [6.45, 7) is 5.59. The lowest BCUT2D eigenvalue weighted by Gasteiger charge is -2.26. The number of rotatable bonds is 9. The number of amides is 1. The standard InChI is InChI=1S/C21H28N4O3/c1-27-20-4-2-17(3-5-20)6-7-23-19-14-18(15-22-16-19)21(26)24-8-9-25-10-12-28-13-11-25/h2-5,14-16,23H,6-13H2,1H3,(H,24,26). The number of morpholine rings is 1. The van der Waals surface area contributed by atoms with Gasteiger partial charge in [0, 0.05) is 45.1 Å². The van der Waals surface area contributed by atoms with Crippen molar-refractivity contribution in [1.29, 1.82) is 0 Å². The summed E-state index contributed by atoms with van der Waals surface area (Å²) in [7, 11) is 1.66. The number of nitrogens with one attached hydrogen (secondary N) is 2. The molecule has 0 unspecified atom stereocenters. The number of pyridine rings is 1. The first-order chi connectivity index (χ1) is 13.7. The number of nitrogens with zero attached hydrogens (tertiary/aromatic N) is 2. The fourth-order valence-corrected chi connectivity index (χ4v) is 3.06. The van der Waals surface area contributed by atoms with Crippen LogP contribution in [-0.4, -0.2) is 68.8 Å². The van der Waals surface area contributed by atoms with Gasteiger partial charge in [-0.2, -0.15) is 0 Å². The minimum absolute atomic E-state index is 0.0976. The topological polar surface area (TPSA) is 75.7 Å². The smallest absolute Gasteiger partial charge is 0.252 e. The van der Waals surface area contributed by atoms with E-state index >= 15 is 0 Å². The van der Waals surface area contributed by atoms with Crippen LogP contribution in [0.4, 0.5) is 5.69 Å². The predicted molar refractivity (Wildman–Crippen MR) is 109 cm³/mol. The average Bonchev–Trinajstić information content (AvgIpc) is 2.75. The predicted octanol–water partition coefficient (Wildman–Crippen LogP) is 1.81. The van der Waals surface area contributed by atoms with Gasteiger partial charge in [-0.15, -0.1) is 0 Å². The highest BCUT2D eigenvalue weighted by Gasteiger charge is 2.11. The first-order valence-corrected chi connectivity index (χ1v) is 9.65. The first kappa shape index (κ1) is 20.1. The van der Waals surface area contributed by atoms with Gasteiger partial charge in [0.2, 0.25) is 0 Å². The second-order valence-electron chi connectivity index (χ2n) is 6.70. The van der Waals surface area contributed by atoms with Crippen molar-refractivity contribution >= 4 is 11.6 Å². The maximum atomic E-state index is 12.4. The van der Waals surface area contributed by atoms with Crippen molar-refractivity contribution < 1.29 is 14.3 Å². The summed E-state index contributed by atoms with van der Waals surface area (Å²) in [6.07, 6.45) is 4.21. The van der Waals surface area contributed by atoms with Crippen molar-refractivity contribution in [2.45, 2.75) is 6.42 Å². The van der Waals surface area contributed by atoms with Crippen molar-refractivity contribution in [3.63, 3.8) is 0 Å². The fraction of sp³-hybridized carbons (Fsp3) is 0.429. The van der Waals surface area contributed by atoms with E-state index in [1.165, 1.54) is 5.56 Å². The van der Waals surface area contributed by atoms with Crippen LogP contribution in [0.25, 0.3) is 0 Å². The van der Waals surface area contributed by atoms with Crippen LogP contribution in [0, 0.1) is 0 Å². The SMILES string of the molecule is COc1ccc(CCNc2cncc(C(=O)NCCN3CCOCC3)c2)cc1. The molecule has 1 aromatic heterocycles. The summed E-state index contributed by atoms with van der Waals surface area (Å²) in [4.78, 5) is 18.8. The zero-order valence-corrected chi connectivity index (χ0v) is 16.3. The molecule has 1 amide bonds. The van der Waals surface area contributed by atoms with E-state index in [-0.39, 0.29) is 5.91 Å². The molecule has 7 nitrogen and oxygen atoms in total. The lowest BCUT2D eigenvalue weighted by molar-refractivity contribution is 0.0383. The van der Waals surface area contributed by atoms with Crippen LogP contribution < -0.4 is 15.4 Å². The second-order valence-corrected chi connectivity index (χ2v) is 6.70. The Hall–Kier alpha value is -2.64. The Kier molecular flexibility index (Phi) is 7.63. The highest BCUT2D eigenvalue weighted by molar-refractivity contribution is 5.94. The van der Waals surface area contributed by atoms with Crippen LogP contribution in [0.1, 0.15) is 15.9 Å². The van der Waals surface area contributed by atoms with Crippen LogP contribution in [-0.2, 0) is 11.2 Å². The quantitative estimate of drug-likeness (QED) is 0.687. The minimum atomic E-state index is -0.0976. The maximum absolute atomic E-state index is 12.4. The molecule has 2 heterocycles. The van der Waals surface area contributed by atoms with Crippen LogP contribution in [0.2, 0.25) is 0 Å². The van der Waals surface area contributed by atoms with E-state index in [0.29, 0.717) is 12.1 Å². The van der Waals surface area contributed by atoms with Gasteiger partial charge in [-0.25, -0.2) is 0 Å². The van der Waals surface area contributed by atoms with E-state index in [1.807, 2.05) is 18.2 Å². The van der Waals surface area contributed by atoms with Crippen LogP contribution in [0.3, 0.4) is 0 Å². The molecule has 2 N–H and O–H groups in total. The van der Waals surface area contributed by atoms with Crippen LogP contribution >= 0.6 is 0 Å². The first-order valence-electron chi connectivity index (χ1n) is 9.65. The summed E-state index contributed by atoms with van der Waals surface area (Å²) in [6, 6.07) is 9.86. The summed E-state index contributed by atoms with van der Waals surface area (Å²) in [5.74, 6) is 0.757. The maximum Gasteiger partial charge on any atom is 0.252 e. The van der Waals surface area contributed by atoms with Crippen molar-refractivity contribution in [1.82, 2.24) is 15.2 Å². The van der Waals surface area contributed by atoms with Gasteiger partial charge in [0.25, 0.3) is 5.91 Å². The molecule has 0 atom stereocenters. The molecule has 0 bridgehead atoms. The van der Waals surface area contributed by atoms with Crippen molar-refractivity contribution in [2.24, 2.45) is 0 Å². The molecule has 3 rings (SSSR count). The molecule has 2 aromatic rings. The molecule has 0 saturated carbocycles. The van der Waals surface area contributed by atoms with Crippen LogP contribution in [0.15, 0.2) is 42.7 Å². The number of hydrogen-bond donors (Lipinski definition) is 2. The number of carbonyl (C=O) groups excluding carboxylic acids is 1. The molecule has 1 aliphatic rings. The molecule has 1 fully saturated rings. The Bertz CT molecular complexity index is 746. The molecule has 0 aliphatic carbocycles. The summed E-state index contributed by atoms with van der Waals surface area (Å²) >= 11 is 0. The minimum Gasteiger partial charge on any atom is -0.497 e. The molecule has 7 heteroatoms. The van der Waals surface area contributed by atoms with Gasteiger partial charge in [0.15, 0.2) is 0 Å². The molecule has 150 valence electrons. The van der Waals surface area contributed by atoms with Crippen molar-refractivity contribution in [3.05, 3.63) is 53.9 Å². The Morgan fingerprint density at radius 1 is 1.18 bits per heavy atom. The Labute approximate surface area is 166 Å². The zero-order chi connectivity index (χ0) is 19.6. The van der Waals surface area contributed by atoms with Gasteiger partial charge in [-0.1, -0.05) is 12.1 Å². The molecular formula is C21H28N4O3. The third-order valence-electron chi connectivity index (χ3n) is 4.72. The van der Waals surface area contributed by atoms with Gasteiger partial charge < -0.3 is 20.1 Å². The van der Waals surface area contributed by atoms with Crippen LogP contribution in [0.5, 0.6) is 5.75 Å². The van der Waals surface area contributed by atoms with Crippen molar-refractivity contribution in [3.8, 4) is 5.75 Å². The largest absolute Gasteiger partial charge is 0.497 e. The molecule has 1 aliphatic heterocycles. The second kappa shape index (κ2) is 10.6.